The molecule has 0 aliphatic rings. The predicted molar refractivity (Wildman–Crippen MR) is 105 cm³/mol. The zero-order valence-electron chi connectivity index (χ0n) is 16.5. The van der Waals surface area contributed by atoms with Gasteiger partial charge in [-0.25, -0.2) is 4.79 Å². The molecule has 2 aromatic rings. The fourth-order valence-electron chi connectivity index (χ4n) is 2.30. The molecule has 0 aliphatic carbocycles. The molecule has 1 N–H and O–H groups in total. The number of rotatable bonds is 6. The van der Waals surface area contributed by atoms with Crippen LogP contribution in [0.1, 0.15) is 56.3 Å². The second-order valence-electron chi connectivity index (χ2n) is 7.85. The van der Waals surface area contributed by atoms with Crippen LogP contribution >= 0.6 is 0 Å². The second-order valence-corrected chi connectivity index (χ2v) is 7.85. The number of carbonyl (C=O) groups excluding carboxylic acids is 2. The quantitative estimate of drug-likeness (QED) is 0.599. The molecule has 0 spiro atoms. The fraction of sp³-hybridized carbons (Fsp3) is 0.364. The van der Waals surface area contributed by atoms with E-state index in [2.05, 4.69) is 26.1 Å². The molecular formula is C22H27NO4. The lowest BCUT2D eigenvalue weighted by Gasteiger charge is -2.19. The van der Waals surface area contributed by atoms with Crippen LogP contribution in [0.3, 0.4) is 0 Å². The maximum atomic E-state index is 12.6. The maximum Gasteiger partial charge on any atom is 0.354 e. The number of nitrogens with one attached hydrogen (secondary N) is 1. The minimum atomic E-state index is -0.597. The van der Waals surface area contributed by atoms with Crippen molar-refractivity contribution in [2.75, 3.05) is 6.61 Å². The predicted octanol–water partition coefficient (Wildman–Crippen LogP) is 4.55. The molecule has 1 aromatic heterocycles. The normalized spacial score (nSPS) is 12.1. The van der Waals surface area contributed by atoms with Crippen molar-refractivity contribution in [1.29, 1.82) is 0 Å². The molecule has 5 nitrogen and oxygen atoms in total. The van der Waals surface area contributed by atoms with Crippen molar-refractivity contribution in [2.24, 2.45) is 5.92 Å². The van der Waals surface area contributed by atoms with Gasteiger partial charge in [-0.1, -0.05) is 46.8 Å². The SMILES string of the molecule is CC(C)COC(=O)C(=Cc1ccco1)NC(=O)c1ccc(C(C)(C)C)cc1. The number of carbonyl (C=O) groups is 2. The van der Waals surface area contributed by atoms with Gasteiger partial charge in [0.1, 0.15) is 11.5 Å². The van der Waals surface area contributed by atoms with E-state index < -0.39 is 5.97 Å². The average Bonchev–Trinajstić information content (AvgIpc) is 3.11. The van der Waals surface area contributed by atoms with Crippen LogP contribution in [0, 0.1) is 5.92 Å². The maximum absolute atomic E-state index is 12.6. The molecule has 1 heterocycles. The molecule has 0 fully saturated rings. The van der Waals surface area contributed by atoms with E-state index >= 15 is 0 Å². The molecular weight excluding hydrogens is 342 g/mol. The summed E-state index contributed by atoms with van der Waals surface area (Å²) in [6, 6.07) is 10.7. The van der Waals surface area contributed by atoms with Gasteiger partial charge in [-0.15, -0.1) is 0 Å². The Balaban J connectivity index is 2.19. The Labute approximate surface area is 160 Å². The minimum Gasteiger partial charge on any atom is -0.465 e. The van der Waals surface area contributed by atoms with Gasteiger partial charge in [0.15, 0.2) is 0 Å². The molecule has 0 atom stereocenters. The van der Waals surface area contributed by atoms with Gasteiger partial charge in [0.2, 0.25) is 0 Å². The van der Waals surface area contributed by atoms with Gasteiger partial charge in [0.05, 0.1) is 12.9 Å². The van der Waals surface area contributed by atoms with E-state index in [4.69, 9.17) is 9.15 Å². The Morgan fingerprint density at radius 1 is 1.15 bits per heavy atom. The lowest BCUT2D eigenvalue weighted by Crippen LogP contribution is -2.29. The monoisotopic (exact) mass is 369 g/mol. The Morgan fingerprint density at radius 3 is 2.33 bits per heavy atom. The Hall–Kier alpha value is -2.82. The van der Waals surface area contributed by atoms with Gasteiger partial charge in [-0.2, -0.15) is 0 Å². The number of ether oxygens (including phenoxy) is 1. The van der Waals surface area contributed by atoms with Crippen LogP contribution in [-0.4, -0.2) is 18.5 Å². The average molecular weight is 369 g/mol. The van der Waals surface area contributed by atoms with Gasteiger partial charge in [-0.3, -0.25) is 4.79 Å². The van der Waals surface area contributed by atoms with Crippen LogP contribution in [0.25, 0.3) is 6.08 Å². The van der Waals surface area contributed by atoms with Crippen molar-refractivity contribution in [2.45, 2.75) is 40.0 Å². The number of esters is 1. The third-order valence-electron chi connectivity index (χ3n) is 3.86. The summed E-state index contributed by atoms with van der Waals surface area (Å²) in [5, 5.41) is 2.64. The summed E-state index contributed by atoms with van der Waals surface area (Å²) in [6.07, 6.45) is 2.96. The van der Waals surface area contributed by atoms with E-state index in [0.29, 0.717) is 11.3 Å². The van der Waals surface area contributed by atoms with E-state index in [1.165, 1.54) is 12.3 Å². The first-order valence-corrected chi connectivity index (χ1v) is 9.01. The summed E-state index contributed by atoms with van der Waals surface area (Å²) in [5.41, 5.74) is 1.63. The summed E-state index contributed by atoms with van der Waals surface area (Å²) in [7, 11) is 0. The number of benzene rings is 1. The number of hydrogen-bond donors (Lipinski definition) is 1. The van der Waals surface area contributed by atoms with Crippen LogP contribution in [0.2, 0.25) is 0 Å². The molecule has 0 radical (unpaired) electrons. The van der Waals surface area contributed by atoms with Crippen molar-refractivity contribution < 1.29 is 18.7 Å². The van der Waals surface area contributed by atoms with Crippen molar-refractivity contribution in [3.63, 3.8) is 0 Å². The first-order valence-electron chi connectivity index (χ1n) is 9.01. The Morgan fingerprint density at radius 2 is 1.81 bits per heavy atom. The summed E-state index contributed by atoms with van der Waals surface area (Å²) in [6.45, 7) is 10.5. The summed E-state index contributed by atoms with van der Waals surface area (Å²) in [4.78, 5) is 25.0. The third-order valence-corrected chi connectivity index (χ3v) is 3.86. The van der Waals surface area contributed by atoms with Gasteiger partial charge in [-0.05, 0) is 41.2 Å². The highest BCUT2D eigenvalue weighted by Gasteiger charge is 2.18. The molecule has 144 valence electrons. The molecule has 0 saturated carbocycles. The standard InChI is InChI=1S/C22H27NO4/c1-15(2)14-27-21(25)19(13-18-7-6-12-26-18)23-20(24)16-8-10-17(11-9-16)22(3,4)5/h6-13,15H,14H2,1-5H3,(H,23,24). The summed E-state index contributed by atoms with van der Waals surface area (Å²) >= 11 is 0. The first-order chi connectivity index (χ1) is 12.7. The van der Waals surface area contributed by atoms with Crippen molar-refractivity contribution in [1.82, 2.24) is 5.32 Å². The molecule has 0 aliphatic heterocycles. The minimum absolute atomic E-state index is 0.00000779. The smallest absolute Gasteiger partial charge is 0.354 e. The molecule has 2 rings (SSSR count). The lowest BCUT2D eigenvalue weighted by atomic mass is 9.87. The number of amides is 1. The molecule has 5 heteroatoms. The summed E-state index contributed by atoms with van der Waals surface area (Å²) in [5.74, 6) is -0.330. The molecule has 27 heavy (non-hydrogen) atoms. The van der Waals surface area contributed by atoms with E-state index in [0.717, 1.165) is 5.56 Å². The highest BCUT2D eigenvalue weighted by Crippen LogP contribution is 2.22. The van der Waals surface area contributed by atoms with Crippen LogP contribution < -0.4 is 5.32 Å². The molecule has 1 amide bonds. The highest BCUT2D eigenvalue weighted by molar-refractivity contribution is 6.03. The zero-order chi connectivity index (χ0) is 20.0. The largest absolute Gasteiger partial charge is 0.465 e. The zero-order valence-corrected chi connectivity index (χ0v) is 16.5. The Kier molecular flexibility index (Phi) is 6.61. The van der Waals surface area contributed by atoms with Gasteiger partial charge < -0.3 is 14.5 Å². The van der Waals surface area contributed by atoms with Crippen LogP contribution in [0.4, 0.5) is 0 Å². The lowest BCUT2D eigenvalue weighted by molar-refractivity contribution is -0.140. The molecule has 0 saturated heterocycles. The van der Waals surface area contributed by atoms with Gasteiger partial charge in [0, 0.05) is 11.6 Å². The van der Waals surface area contributed by atoms with Crippen LogP contribution in [0.15, 0.2) is 52.8 Å². The number of furan rings is 1. The number of hydrogen-bond acceptors (Lipinski definition) is 4. The molecule has 0 bridgehead atoms. The van der Waals surface area contributed by atoms with Crippen molar-refractivity contribution in [3.8, 4) is 0 Å². The molecule has 0 unspecified atom stereocenters. The van der Waals surface area contributed by atoms with Crippen LogP contribution in [-0.2, 0) is 14.9 Å². The van der Waals surface area contributed by atoms with Crippen LogP contribution in [0.5, 0.6) is 0 Å². The van der Waals surface area contributed by atoms with Crippen molar-refractivity contribution in [3.05, 3.63) is 65.2 Å². The van der Waals surface area contributed by atoms with Gasteiger partial charge in [0.25, 0.3) is 5.91 Å². The topological polar surface area (TPSA) is 68.5 Å². The first kappa shape index (κ1) is 20.5. The molecule has 1 aromatic carbocycles. The second kappa shape index (κ2) is 8.71. The highest BCUT2D eigenvalue weighted by atomic mass is 16.5. The van der Waals surface area contributed by atoms with E-state index in [-0.39, 0.29) is 29.5 Å². The van der Waals surface area contributed by atoms with E-state index in [1.54, 1.807) is 24.3 Å². The van der Waals surface area contributed by atoms with Crippen molar-refractivity contribution >= 4 is 18.0 Å². The van der Waals surface area contributed by atoms with E-state index in [1.807, 2.05) is 26.0 Å². The summed E-state index contributed by atoms with van der Waals surface area (Å²) < 4.78 is 10.5. The fourth-order valence-corrected chi connectivity index (χ4v) is 2.30. The third kappa shape index (κ3) is 6.13. The Bertz CT molecular complexity index is 794. The van der Waals surface area contributed by atoms with E-state index in [9.17, 15) is 9.59 Å². The van der Waals surface area contributed by atoms with Gasteiger partial charge >= 0.3 is 5.97 Å².